The molecule has 2 atom stereocenters. The Labute approximate surface area is 228 Å². The van der Waals surface area contributed by atoms with Gasteiger partial charge in [-0.25, -0.2) is 4.99 Å². The molecule has 5 rings (SSSR count). The standard InChI is InChI=1S/C31H32N6O2/c1-19-10-13-24(14-11-19)30(38)35-25-15-12-20(2)27(16-25)36-29-28-21(3)26(17-37(28)33-18-32-29)31(39)34-22(4)23-8-6-5-7-9-23/h5-16,18,22,26H,17H2,1-4H3,(H,34,39)(H,35,38)(H,32,33,36)/t22-,26?/m0/s1. The number of benzene rings is 3. The van der Waals surface area contributed by atoms with Gasteiger partial charge in [0.1, 0.15) is 12.0 Å². The van der Waals surface area contributed by atoms with Crippen LogP contribution in [0.4, 0.5) is 11.4 Å². The van der Waals surface area contributed by atoms with Gasteiger partial charge in [0.05, 0.1) is 18.5 Å². The molecule has 0 aliphatic carbocycles. The molecule has 2 heterocycles. The molecule has 0 spiro atoms. The third kappa shape index (κ3) is 5.60. The lowest BCUT2D eigenvalue weighted by molar-refractivity contribution is -0.124. The summed E-state index contributed by atoms with van der Waals surface area (Å²) in [5.41, 5.74) is 6.89. The Morgan fingerprint density at radius 2 is 1.72 bits per heavy atom. The van der Waals surface area contributed by atoms with Crippen molar-refractivity contribution in [3.8, 4) is 0 Å². The van der Waals surface area contributed by atoms with Crippen molar-refractivity contribution in [3.63, 3.8) is 0 Å². The van der Waals surface area contributed by atoms with E-state index in [0.717, 1.165) is 33.6 Å². The zero-order valence-electron chi connectivity index (χ0n) is 22.5. The van der Waals surface area contributed by atoms with Gasteiger partial charge in [0.15, 0.2) is 5.84 Å². The Hall–Kier alpha value is -4.72. The summed E-state index contributed by atoms with van der Waals surface area (Å²) >= 11 is 0. The van der Waals surface area contributed by atoms with Crippen molar-refractivity contribution in [2.24, 2.45) is 16.0 Å². The van der Waals surface area contributed by atoms with Gasteiger partial charge in [0.2, 0.25) is 5.91 Å². The number of nitrogens with one attached hydrogen (secondary N) is 3. The number of amides is 2. The van der Waals surface area contributed by atoms with Gasteiger partial charge >= 0.3 is 0 Å². The number of hydrogen-bond acceptors (Lipinski definition) is 6. The lowest BCUT2D eigenvalue weighted by atomic mass is 10.00. The molecule has 8 nitrogen and oxygen atoms in total. The van der Waals surface area contributed by atoms with E-state index in [1.807, 2.05) is 106 Å². The van der Waals surface area contributed by atoms with E-state index < -0.39 is 0 Å². The molecule has 198 valence electrons. The van der Waals surface area contributed by atoms with E-state index in [9.17, 15) is 9.59 Å². The number of carbonyl (C=O) groups is 2. The second-order valence-electron chi connectivity index (χ2n) is 9.99. The Kier molecular flexibility index (Phi) is 7.27. The maximum Gasteiger partial charge on any atom is 0.255 e. The third-order valence-electron chi connectivity index (χ3n) is 7.15. The van der Waals surface area contributed by atoms with Gasteiger partial charge in [-0.3, -0.25) is 14.6 Å². The van der Waals surface area contributed by atoms with Gasteiger partial charge in [0, 0.05) is 16.9 Å². The highest BCUT2D eigenvalue weighted by Gasteiger charge is 2.37. The Balaban J connectivity index is 1.32. The van der Waals surface area contributed by atoms with Gasteiger partial charge in [-0.2, -0.15) is 5.10 Å². The van der Waals surface area contributed by atoms with Gasteiger partial charge in [0.25, 0.3) is 5.91 Å². The normalized spacial score (nSPS) is 16.9. The van der Waals surface area contributed by atoms with Crippen LogP contribution in [0.2, 0.25) is 0 Å². The summed E-state index contributed by atoms with van der Waals surface area (Å²) < 4.78 is 0. The van der Waals surface area contributed by atoms with Crippen molar-refractivity contribution in [1.82, 2.24) is 10.3 Å². The first-order valence-electron chi connectivity index (χ1n) is 13.0. The lowest BCUT2D eigenvalue weighted by Gasteiger charge is -2.23. The van der Waals surface area contributed by atoms with Crippen LogP contribution < -0.4 is 16.0 Å². The maximum absolute atomic E-state index is 13.3. The first-order valence-corrected chi connectivity index (χ1v) is 13.0. The summed E-state index contributed by atoms with van der Waals surface area (Å²) in [5, 5.41) is 15.8. The number of aryl methyl sites for hydroxylation is 2. The molecule has 0 bridgehead atoms. The fraction of sp³-hybridized carbons (Fsp3) is 0.226. The van der Waals surface area contributed by atoms with Crippen LogP contribution in [0.1, 0.15) is 46.9 Å². The lowest BCUT2D eigenvalue weighted by Crippen LogP contribution is -2.35. The largest absolute Gasteiger partial charge is 0.349 e. The zero-order valence-corrected chi connectivity index (χ0v) is 22.5. The van der Waals surface area contributed by atoms with E-state index in [0.29, 0.717) is 23.6 Å². The van der Waals surface area contributed by atoms with Crippen LogP contribution in [0.5, 0.6) is 0 Å². The van der Waals surface area contributed by atoms with Crippen molar-refractivity contribution in [2.75, 3.05) is 17.2 Å². The molecule has 3 N–H and O–H groups in total. The quantitative estimate of drug-likeness (QED) is 0.405. The molecule has 0 saturated carbocycles. The molecular formula is C31H32N6O2. The number of nitrogens with zero attached hydrogens (tertiary/aromatic N) is 3. The molecule has 2 aliphatic heterocycles. The molecule has 3 aromatic carbocycles. The first kappa shape index (κ1) is 25.9. The van der Waals surface area contributed by atoms with Crippen LogP contribution in [0.25, 0.3) is 0 Å². The molecule has 2 amide bonds. The molecule has 0 aromatic heterocycles. The minimum absolute atomic E-state index is 0.0442. The maximum atomic E-state index is 13.3. The summed E-state index contributed by atoms with van der Waals surface area (Å²) in [7, 11) is 0. The average molecular weight is 521 g/mol. The molecule has 8 heteroatoms. The van der Waals surface area contributed by atoms with E-state index in [1.165, 1.54) is 6.34 Å². The number of carbonyl (C=O) groups excluding carboxylic acids is 2. The predicted molar refractivity (Wildman–Crippen MR) is 156 cm³/mol. The van der Waals surface area contributed by atoms with Crippen LogP contribution in [-0.2, 0) is 4.79 Å². The summed E-state index contributed by atoms with van der Waals surface area (Å²) in [6.07, 6.45) is 1.49. The zero-order chi connectivity index (χ0) is 27.5. The van der Waals surface area contributed by atoms with E-state index in [2.05, 4.69) is 26.0 Å². The second-order valence-corrected chi connectivity index (χ2v) is 9.99. The summed E-state index contributed by atoms with van der Waals surface area (Å²) in [5.74, 6) is 0.0389. The van der Waals surface area contributed by atoms with Crippen LogP contribution in [0, 0.1) is 19.8 Å². The number of aliphatic imine (C=N–C) groups is 1. The van der Waals surface area contributed by atoms with Gasteiger partial charge in [-0.1, -0.05) is 54.1 Å². The van der Waals surface area contributed by atoms with E-state index in [4.69, 9.17) is 0 Å². The van der Waals surface area contributed by atoms with Crippen LogP contribution in [-0.4, -0.2) is 35.5 Å². The topological polar surface area (TPSA) is 98.2 Å². The minimum atomic E-state index is -0.352. The Morgan fingerprint density at radius 1 is 0.974 bits per heavy atom. The monoisotopic (exact) mass is 520 g/mol. The van der Waals surface area contributed by atoms with E-state index in [-0.39, 0.29) is 23.8 Å². The highest BCUT2D eigenvalue weighted by Crippen LogP contribution is 2.32. The van der Waals surface area contributed by atoms with Crippen molar-refractivity contribution >= 4 is 35.4 Å². The summed E-state index contributed by atoms with van der Waals surface area (Å²) in [6, 6.07) is 23.0. The Morgan fingerprint density at radius 3 is 2.46 bits per heavy atom. The highest BCUT2D eigenvalue weighted by atomic mass is 16.2. The number of hydrazone groups is 1. The highest BCUT2D eigenvalue weighted by molar-refractivity contribution is 6.13. The van der Waals surface area contributed by atoms with Crippen molar-refractivity contribution in [2.45, 2.75) is 33.7 Å². The molecular weight excluding hydrogens is 488 g/mol. The molecule has 0 radical (unpaired) electrons. The molecule has 1 unspecified atom stereocenters. The minimum Gasteiger partial charge on any atom is -0.349 e. The third-order valence-corrected chi connectivity index (χ3v) is 7.15. The number of amidine groups is 1. The van der Waals surface area contributed by atoms with E-state index in [1.54, 1.807) is 0 Å². The van der Waals surface area contributed by atoms with Crippen LogP contribution in [0.15, 0.2) is 94.2 Å². The average Bonchev–Trinajstić information content (AvgIpc) is 3.28. The fourth-order valence-corrected chi connectivity index (χ4v) is 4.77. The predicted octanol–water partition coefficient (Wildman–Crippen LogP) is 5.41. The van der Waals surface area contributed by atoms with Gasteiger partial charge in [-0.15, -0.1) is 0 Å². The molecule has 39 heavy (non-hydrogen) atoms. The first-order chi connectivity index (χ1) is 18.8. The number of fused-ring (bicyclic) bond motifs is 1. The number of rotatable bonds is 6. The number of hydrogen-bond donors (Lipinski definition) is 3. The molecule has 0 fully saturated rings. The summed E-state index contributed by atoms with van der Waals surface area (Å²) in [4.78, 5) is 30.5. The van der Waals surface area contributed by atoms with Crippen molar-refractivity contribution in [1.29, 1.82) is 0 Å². The molecule has 2 aliphatic rings. The fourth-order valence-electron chi connectivity index (χ4n) is 4.77. The Bertz CT molecular complexity index is 1490. The van der Waals surface area contributed by atoms with E-state index >= 15 is 0 Å². The van der Waals surface area contributed by atoms with Crippen LogP contribution >= 0.6 is 0 Å². The van der Waals surface area contributed by atoms with Crippen molar-refractivity contribution in [3.05, 3.63) is 106 Å². The SMILES string of the molecule is CC1=C2C(Nc3cc(NC(=O)c4ccc(C)cc4)ccc3C)=NC=NN2CC1C(=O)N[C@@H](C)c1ccccc1. The van der Waals surface area contributed by atoms with Crippen molar-refractivity contribution < 1.29 is 9.59 Å². The van der Waals surface area contributed by atoms with Crippen LogP contribution in [0.3, 0.4) is 0 Å². The second kappa shape index (κ2) is 10.9. The smallest absolute Gasteiger partial charge is 0.255 e. The number of anilines is 2. The molecule has 0 saturated heterocycles. The van der Waals surface area contributed by atoms with Gasteiger partial charge < -0.3 is 16.0 Å². The molecule has 3 aromatic rings. The van der Waals surface area contributed by atoms with Gasteiger partial charge in [-0.05, 0) is 68.7 Å². The summed E-state index contributed by atoms with van der Waals surface area (Å²) in [6.45, 7) is 8.35.